The summed E-state index contributed by atoms with van der Waals surface area (Å²) in [5.74, 6) is 0.000479. The van der Waals surface area contributed by atoms with Gasteiger partial charge in [0.05, 0.1) is 0 Å². The molecular formula is C19H26N4O4. The monoisotopic (exact) mass is 374 g/mol. The van der Waals surface area contributed by atoms with E-state index >= 15 is 0 Å². The van der Waals surface area contributed by atoms with Gasteiger partial charge in [-0.2, -0.15) is 0 Å². The maximum Gasteiger partial charge on any atom is 0.329 e. The molecule has 8 heteroatoms. The summed E-state index contributed by atoms with van der Waals surface area (Å²) in [5.41, 5.74) is 1.11. The van der Waals surface area contributed by atoms with Crippen molar-refractivity contribution in [2.24, 2.45) is 11.8 Å². The molecule has 2 saturated heterocycles. The van der Waals surface area contributed by atoms with Crippen LogP contribution in [0.4, 0.5) is 10.5 Å². The van der Waals surface area contributed by atoms with Crippen LogP contribution in [-0.4, -0.2) is 79.6 Å². The molecule has 2 aliphatic heterocycles. The van der Waals surface area contributed by atoms with Crippen LogP contribution in [0.25, 0.3) is 0 Å². The van der Waals surface area contributed by atoms with Gasteiger partial charge >= 0.3 is 6.03 Å². The summed E-state index contributed by atoms with van der Waals surface area (Å²) in [5, 5.41) is 11.8. The van der Waals surface area contributed by atoms with Crippen molar-refractivity contribution < 1.29 is 19.5 Å². The average molecular weight is 374 g/mol. The van der Waals surface area contributed by atoms with Crippen LogP contribution in [0, 0.1) is 11.8 Å². The minimum absolute atomic E-state index is 0.0113. The number of carbonyl (C=O) groups excluding carboxylic acids is 3. The molecular weight excluding hydrogens is 348 g/mol. The standard InChI is InChI=1S/C19H26N4O4/c1-21(2)8-13-7-14(12-24)10-22(9-13)18(26)15-3-5-16(6-4-15)23-11-17(25)20-19(23)27/h3-6,13-14,24H,7-12H2,1-2H3,(H,20,25,27)/t13-,14+/m0/s1. The van der Waals surface area contributed by atoms with Gasteiger partial charge in [0.25, 0.3) is 5.91 Å². The van der Waals surface area contributed by atoms with Crippen LogP contribution in [-0.2, 0) is 4.79 Å². The highest BCUT2D eigenvalue weighted by atomic mass is 16.3. The number of anilines is 1. The Kier molecular flexibility index (Phi) is 5.76. The summed E-state index contributed by atoms with van der Waals surface area (Å²) >= 11 is 0. The van der Waals surface area contributed by atoms with Crippen molar-refractivity contribution in [1.29, 1.82) is 0 Å². The van der Waals surface area contributed by atoms with Crippen molar-refractivity contribution in [3.05, 3.63) is 29.8 Å². The number of rotatable bonds is 5. The Morgan fingerprint density at radius 3 is 2.41 bits per heavy atom. The number of aliphatic hydroxyl groups excluding tert-OH is 1. The van der Waals surface area contributed by atoms with E-state index in [-0.39, 0.29) is 30.9 Å². The summed E-state index contributed by atoms with van der Waals surface area (Å²) in [4.78, 5) is 41.2. The molecule has 2 heterocycles. The molecule has 0 bridgehead atoms. The van der Waals surface area contributed by atoms with Crippen molar-refractivity contribution in [3.63, 3.8) is 0 Å². The fourth-order valence-electron chi connectivity index (χ4n) is 3.88. The van der Waals surface area contributed by atoms with Gasteiger partial charge < -0.3 is 14.9 Å². The van der Waals surface area contributed by atoms with Crippen LogP contribution < -0.4 is 10.2 Å². The lowest BCUT2D eigenvalue weighted by Gasteiger charge is -2.38. The Morgan fingerprint density at radius 2 is 1.85 bits per heavy atom. The van der Waals surface area contributed by atoms with Crippen molar-refractivity contribution in [2.45, 2.75) is 6.42 Å². The minimum Gasteiger partial charge on any atom is -0.396 e. The van der Waals surface area contributed by atoms with Gasteiger partial charge in [0.2, 0.25) is 5.91 Å². The molecule has 2 atom stereocenters. The molecule has 1 aromatic carbocycles. The normalized spacial score (nSPS) is 23.1. The molecule has 0 spiro atoms. The number of amides is 4. The molecule has 0 unspecified atom stereocenters. The third-order valence-electron chi connectivity index (χ3n) is 5.01. The van der Waals surface area contributed by atoms with Crippen molar-refractivity contribution in [2.75, 3.05) is 51.8 Å². The average Bonchev–Trinajstić information content (AvgIpc) is 2.98. The van der Waals surface area contributed by atoms with Crippen molar-refractivity contribution in [3.8, 4) is 0 Å². The zero-order chi connectivity index (χ0) is 19.6. The zero-order valence-corrected chi connectivity index (χ0v) is 15.7. The van der Waals surface area contributed by atoms with Gasteiger partial charge in [-0.1, -0.05) is 0 Å². The first kappa shape index (κ1) is 19.3. The molecule has 4 amide bonds. The van der Waals surface area contributed by atoms with E-state index in [1.807, 2.05) is 14.1 Å². The summed E-state index contributed by atoms with van der Waals surface area (Å²) in [6.45, 7) is 2.15. The second-order valence-corrected chi connectivity index (χ2v) is 7.61. The van der Waals surface area contributed by atoms with Crippen molar-refractivity contribution in [1.82, 2.24) is 15.1 Å². The van der Waals surface area contributed by atoms with Gasteiger partial charge in [0.15, 0.2) is 0 Å². The van der Waals surface area contributed by atoms with Crippen LogP contribution in [0.5, 0.6) is 0 Å². The topological polar surface area (TPSA) is 93.2 Å². The van der Waals surface area contributed by atoms with E-state index in [9.17, 15) is 19.5 Å². The molecule has 27 heavy (non-hydrogen) atoms. The lowest BCUT2D eigenvalue weighted by Crippen LogP contribution is -2.47. The molecule has 1 aromatic rings. The molecule has 2 N–H and O–H groups in total. The number of nitrogens with one attached hydrogen (secondary N) is 1. The summed E-state index contributed by atoms with van der Waals surface area (Å²) in [6, 6.07) is 6.26. The van der Waals surface area contributed by atoms with E-state index < -0.39 is 6.03 Å². The second kappa shape index (κ2) is 8.06. The van der Waals surface area contributed by atoms with Gasteiger partial charge in [0, 0.05) is 37.5 Å². The molecule has 8 nitrogen and oxygen atoms in total. The Balaban J connectivity index is 1.70. The van der Waals surface area contributed by atoms with Gasteiger partial charge in [-0.25, -0.2) is 4.79 Å². The number of piperidine rings is 1. The van der Waals surface area contributed by atoms with E-state index in [2.05, 4.69) is 10.2 Å². The quantitative estimate of drug-likeness (QED) is 0.727. The largest absolute Gasteiger partial charge is 0.396 e. The predicted octanol–water partition coefficient (Wildman–Crippen LogP) is 0.375. The fourth-order valence-corrected chi connectivity index (χ4v) is 3.88. The highest BCUT2D eigenvalue weighted by Gasteiger charge is 2.31. The zero-order valence-electron chi connectivity index (χ0n) is 15.7. The molecule has 0 saturated carbocycles. The van der Waals surface area contributed by atoms with E-state index in [1.165, 1.54) is 4.90 Å². The predicted molar refractivity (Wildman–Crippen MR) is 100 cm³/mol. The van der Waals surface area contributed by atoms with E-state index in [0.29, 0.717) is 30.3 Å². The number of urea groups is 1. The number of benzene rings is 1. The van der Waals surface area contributed by atoms with Gasteiger partial charge in [-0.3, -0.25) is 19.8 Å². The number of carbonyl (C=O) groups is 3. The fraction of sp³-hybridized carbons (Fsp3) is 0.526. The molecule has 2 fully saturated rings. The molecule has 0 aromatic heterocycles. The van der Waals surface area contributed by atoms with Crippen LogP contribution in [0.2, 0.25) is 0 Å². The Labute approximate surface area is 158 Å². The van der Waals surface area contributed by atoms with Crippen LogP contribution in [0.15, 0.2) is 24.3 Å². The maximum absolute atomic E-state index is 12.9. The first-order valence-corrected chi connectivity index (χ1v) is 9.13. The number of nitrogens with zero attached hydrogens (tertiary/aromatic N) is 3. The van der Waals surface area contributed by atoms with E-state index in [0.717, 1.165) is 13.0 Å². The second-order valence-electron chi connectivity index (χ2n) is 7.61. The molecule has 2 aliphatic rings. The first-order chi connectivity index (χ1) is 12.9. The minimum atomic E-state index is -0.451. The summed E-state index contributed by atoms with van der Waals surface area (Å²) in [7, 11) is 4.01. The Morgan fingerprint density at radius 1 is 1.19 bits per heavy atom. The van der Waals surface area contributed by atoms with Crippen LogP contribution in [0.1, 0.15) is 16.8 Å². The highest BCUT2D eigenvalue weighted by molar-refractivity contribution is 6.12. The number of imide groups is 1. The third kappa shape index (κ3) is 4.45. The van der Waals surface area contributed by atoms with Crippen molar-refractivity contribution >= 4 is 23.5 Å². The number of aliphatic hydroxyl groups is 1. The first-order valence-electron chi connectivity index (χ1n) is 9.13. The van der Waals surface area contributed by atoms with Crippen LogP contribution >= 0.6 is 0 Å². The molecule has 0 aliphatic carbocycles. The molecule has 0 radical (unpaired) electrons. The lowest BCUT2D eigenvalue weighted by atomic mass is 9.89. The highest BCUT2D eigenvalue weighted by Crippen LogP contribution is 2.25. The molecule has 146 valence electrons. The SMILES string of the molecule is CN(C)C[C@@H]1C[C@@H](CO)CN(C(=O)c2ccc(N3CC(=O)NC3=O)cc2)C1. The van der Waals surface area contributed by atoms with Gasteiger partial charge in [0.1, 0.15) is 6.54 Å². The van der Waals surface area contributed by atoms with E-state index in [4.69, 9.17) is 0 Å². The lowest BCUT2D eigenvalue weighted by molar-refractivity contribution is -0.117. The third-order valence-corrected chi connectivity index (χ3v) is 5.01. The van der Waals surface area contributed by atoms with Gasteiger partial charge in [-0.15, -0.1) is 0 Å². The maximum atomic E-state index is 12.9. The van der Waals surface area contributed by atoms with E-state index in [1.54, 1.807) is 29.2 Å². The number of likely N-dealkylation sites (tertiary alicyclic amines) is 1. The molecule has 3 rings (SSSR count). The summed E-state index contributed by atoms with van der Waals surface area (Å²) in [6.07, 6.45) is 0.912. The smallest absolute Gasteiger partial charge is 0.329 e. The Hall–Kier alpha value is -2.45. The number of hydrogen-bond donors (Lipinski definition) is 2. The summed E-state index contributed by atoms with van der Waals surface area (Å²) < 4.78 is 0. The Bertz CT molecular complexity index is 719. The van der Waals surface area contributed by atoms with Gasteiger partial charge in [-0.05, 0) is 56.6 Å². The number of hydrogen-bond acceptors (Lipinski definition) is 5. The van der Waals surface area contributed by atoms with Crippen LogP contribution in [0.3, 0.4) is 0 Å².